The normalized spacial score (nSPS) is 25.1. The van der Waals surface area contributed by atoms with Crippen LogP contribution in [0.2, 0.25) is 0 Å². The summed E-state index contributed by atoms with van der Waals surface area (Å²) in [7, 11) is 0. The molecule has 1 N–H and O–H groups in total. The predicted molar refractivity (Wildman–Crippen MR) is 71.4 cm³/mol. The lowest BCUT2D eigenvalue weighted by Gasteiger charge is -2.37. The van der Waals surface area contributed by atoms with Crippen molar-refractivity contribution in [1.29, 1.82) is 0 Å². The monoisotopic (exact) mass is 243 g/mol. The van der Waals surface area contributed by atoms with Crippen LogP contribution in [0.4, 0.5) is 0 Å². The molecule has 1 fully saturated rings. The van der Waals surface area contributed by atoms with Crippen molar-refractivity contribution in [2.45, 2.75) is 46.0 Å². The maximum absolute atomic E-state index is 5.68. The van der Waals surface area contributed by atoms with Crippen LogP contribution < -0.4 is 5.32 Å². The van der Waals surface area contributed by atoms with Crippen LogP contribution in [0.3, 0.4) is 0 Å². The first kappa shape index (κ1) is 14.9. The lowest BCUT2D eigenvalue weighted by Crippen LogP contribution is -2.42. The fraction of sp³-hybridized carbons (Fsp3) is 1.00. The van der Waals surface area contributed by atoms with Gasteiger partial charge in [0.2, 0.25) is 0 Å². The molecule has 1 unspecified atom stereocenters. The summed E-state index contributed by atoms with van der Waals surface area (Å²) in [5.41, 5.74) is 0.321. The third-order valence-corrected chi connectivity index (χ3v) is 3.46. The molecule has 3 nitrogen and oxygen atoms in total. The van der Waals surface area contributed by atoms with E-state index in [0.717, 1.165) is 52.4 Å². The van der Waals surface area contributed by atoms with Gasteiger partial charge in [-0.3, -0.25) is 0 Å². The Bertz CT molecular complexity index is 179. The van der Waals surface area contributed by atoms with E-state index in [-0.39, 0.29) is 0 Å². The SMILES string of the molecule is CCCNCC1(CCOCCC)CCCOC1. The van der Waals surface area contributed by atoms with Crippen molar-refractivity contribution in [2.75, 3.05) is 39.5 Å². The Morgan fingerprint density at radius 1 is 1.24 bits per heavy atom. The summed E-state index contributed by atoms with van der Waals surface area (Å²) in [5.74, 6) is 0. The highest BCUT2D eigenvalue weighted by atomic mass is 16.5. The van der Waals surface area contributed by atoms with Crippen LogP contribution in [-0.4, -0.2) is 39.5 Å². The Morgan fingerprint density at radius 3 is 2.76 bits per heavy atom. The molecule has 0 aromatic heterocycles. The minimum absolute atomic E-state index is 0.321. The number of hydrogen-bond acceptors (Lipinski definition) is 3. The molecule has 1 heterocycles. The van der Waals surface area contributed by atoms with E-state index in [2.05, 4.69) is 19.2 Å². The molecule has 17 heavy (non-hydrogen) atoms. The topological polar surface area (TPSA) is 30.5 Å². The Labute approximate surface area is 106 Å². The largest absolute Gasteiger partial charge is 0.381 e. The fourth-order valence-corrected chi connectivity index (χ4v) is 2.40. The highest BCUT2D eigenvalue weighted by Crippen LogP contribution is 2.31. The number of nitrogens with one attached hydrogen (secondary N) is 1. The summed E-state index contributed by atoms with van der Waals surface area (Å²) in [6.45, 7) is 10.2. The van der Waals surface area contributed by atoms with E-state index in [1.54, 1.807) is 0 Å². The average Bonchev–Trinajstić information content (AvgIpc) is 2.36. The molecule has 1 aliphatic heterocycles. The highest BCUT2D eigenvalue weighted by molar-refractivity contribution is 4.84. The molecule has 1 rings (SSSR count). The summed E-state index contributed by atoms with van der Waals surface area (Å²) < 4.78 is 11.3. The second kappa shape index (κ2) is 8.90. The first-order valence-corrected chi connectivity index (χ1v) is 7.19. The van der Waals surface area contributed by atoms with Crippen LogP contribution in [0.15, 0.2) is 0 Å². The molecule has 102 valence electrons. The fourth-order valence-electron chi connectivity index (χ4n) is 2.40. The van der Waals surface area contributed by atoms with Crippen molar-refractivity contribution in [3.05, 3.63) is 0 Å². The van der Waals surface area contributed by atoms with Crippen LogP contribution >= 0.6 is 0 Å². The van der Waals surface area contributed by atoms with Crippen molar-refractivity contribution < 1.29 is 9.47 Å². The molecule has 0 spiro atoms. The molecule has 1 saturated heterocycles. The molecule has 0 saturated carbocycles. The highest BCUT2D eigenvalue weighted by Gasteiger charge is 2.32. The first-order valence-electron chi connectivity index (χ1n) is 7.19. The van der Waals surface area contributed by atoms with E-state index >= 15 is 0 Å². The number of ether oxygens (including phenoxy) is 2. The van der Waals surface area contributed by atoms with Crippen molar-refractivity contribution in [2.24, 2.45) is 5.41 Å². The van der Waals surface area contributed by atoms with Gasteiger partial charge in [-0.1, -0.05) is 13.8 Å². The minimum atomic E-state index is 0.321. The molecule has 0 aromatic rings. The third kappa shape index (κ3) is 5.84. The Balaban J connectivity index is 2.29. The molecular weight excluding hydrogens is 214 g/mol. The van der Waals surface area contributed by atoms with Gasteiger partial charge in [-0.2, -0.15) is 0 Å². The Hall–Kier alpha value is -0.120. The molecule has 0 radical (unpaired) electrons. The van der Waals surface area contributed by atoms with E-state index in [4.69, 9.17) is 9.47 Å². The van der Waals surface area contributed by atoms with Gasteiger partial charge in [-0.25, -0.2) is 0 Å². The van der Waals surface area contributed by atoms with Gasteiger partial charge in [-0.05, 0) is 38.6 Å². The second-order valence-corrected chi connectivity index (χ2v) is 5.20. The average molecular weight is 243 g/mol. The van der Waals surface area contributed by atoms with E-state index < -0.39 is 0 Å². The smallest absolute Gasteiger partial charge is 0.0535 e. The summed E-state index contributed by atoms with van der Waals surface area (Å²) in [5, 5.41) is 3.55. The van der Waals surface area contributed by atoms with Gasteiger partial charge in [0.25, 0.3) is 0 Å². The zero-order valence-electron chi connectivity index (χ0n) is 11.6. The number of rotatable bonds is 9. The molecule has 1 atom stereocenters. The van der Waals surface area contributed by atoms with E-state index in [9.17, 15) is 0 Å². The zero-order valence-corrected chi connectivity index (χ0v) is 11.6. The second-order valence-electron chi connectivity index (χ2n) is 5.20. The van der Waals surface area contributed by atoms with Gasteiger partial charge in [0.05, 0.1) is 6.61 Å². The Kier molecular flexibility index (Phi) is 7.82. The van der Waals surface area contributed by atoms with Crippen LogP contribution in [0.25, 0.3) is 0 Å². The van der Waals surface area contributed by atoms with Crippen molar-refractivity contribution in [1.82, 2.24) is 5.32 Å². The van der Waals surface area contributed by atoms with Crippen molar-refractivity contribution in [3.8, 4) is 0 Å². The molecule has 0 amide bonds. The quantitative estimate of drug-likeness (QED) is 0.631. The van der Waals surface area contributed by atoms with Gasteiger partial charge < -0.3 is 14.8 Å². The van der Waals surface area contributed by atoms with E-state index in [0.29, 0.717) is 5.41 Å². The van der Waals surface area contributed by atoms with Gasteiger partial charge in [0.15, 0.2) is 0 Å². The summed E-state index contributed by atoms with van der Waals surface area (Å²) in [4.78, 5) is 0. The summed E-state index contributed by atoms with van der Waals surface area (Å²) >= 11 is 0. The molecule has 0 bridgehead atoms. The van der Waals surface area contributed by atoms with Crippen LogP contribution in [0, 0.1) is 5.41 Å². The number of hydrogen-bond donors (Lipinski definition) is 1. The maximum atomic E-state index is 5.68. The maximum Gasteiger partial charge on any atom is 0.0535 e. The molecular formula is C14H29NO2. The minimum Gasteiger partial charge on any atom is -0.381 e. The van der Waals surface area contributed by atoms with Gasteiger partial charge in [0, 0.05) is 31.8 Å². The molecule has 0 aromatic carbocycles. The molecule has 0 aliphatic carbocycles. The predicted octanol–water partition coefficient (Wildman–Crippen LogP) is 2.60. The lowest BCUT2D eigenvalue weighted by atomic mass is 9.79. The van der Waals surface area contributed by atoms with Crippen LogP contribution in [0.1, 0.15) is 46.0 Å². The van der Waals surface area contributed by atoms with Gasteiger partial charge >= 0.3 is 0 Å². The van der Waals surface area contributed by atoms with Crippen molar-refractivity contribution >= 4 is 0 Å². The van der Waals surface area contributed by atoms with Gasteiger partial charge in [0.1, 0.15) is 0 Å². The third-order valence-electron chi connectivity index (χ3n) is 3.46. The zero-order chi connectivity index (χ0) is 12.4. The van der Waals surface area contributed by atoms with Crippen LogP contribution in [0.5, 0.6) is 0 Å². The lowest BCUT2D eigenvalue weighted by molar-refractivity contribution is -0.0270. The standard InChI is InChI=1S/C14H29NO2/c1-3-8-15-12-14(6-5-10-17-13-14)7-11-16-9-4-2/h15H,3-13H2,1-2H3. The van der Waals surface area contributed by atoms with Gasteiger partial charge in [-0.15, -0.1) is 0 Å². The van der Waals surface area contributed by atoms with E-state index in [1.165, 1.54) is 19.3 Å². The van der Waals surface area contributed by atoms with Crippen molar-refractivity contribution in [3.63, 3.8) is 0 Å². The van der Waals surface area contributed by atoms with E-state index in [1.807, 2.05) is 0 Å². The summed E-state index contributed by atoms with van der Waals surface area (Å²) in [6.07, 6.45) is 5.91. The van der Waals surface area contributed by atoms with Crippen LogP contribution in [-0.2, 0) is 9.47 Å². The Morgan fingerprint density at radius 2 is 2.12 bits per heavy atom. The summed E-state index contributed by atoms with van der Waals surface area (Å²) in [6, 6.07) is 0. The first-order chi connectivity index (χ1) is 8.33. The molecule has 3 heteroatoms. The molecule has 1 aliphatic rings.